The zero-order valence-electron chi connectivity index (χ0n) is 11.3. The summed E-state index contributed by atoms with van der Waals surface area (Å²) in [6.07, 6.45) is 0. The van der Waals surface area contributed by atoms with Crippen molar-refractivity contribution in [1.29, 1.82) is 0 Å². The Balaban J connectivity index is 2.41. The Bertz CT molecular complexity index is 385. The first-order chi connectivity index (χ1) is 9.06. The quantitative estimate of drug-likeness (QED) is 0.678. The van der Waals surface area contributed by atoms with Gasteiger partial charge in [0.1, 0.15) is 5.75 Å². The van der Waals surface area contributed by atoms with Gasteiger partial charge in [-0.1, -0.05) is 26.0 Å². The average molecular weight is 267 g/mol. The van der Waals surface area contributed by atoms with E-state index in [1.165, 1.54) is 5.56 Å². The van der Waals surface area contributed by atoms with Crippen LogP contribution in [0.1, 0.15) is 25.3 Å². The van der Waals surface area contributed by atoms with Crippen molar-refractivity contribution in [2.24, 2.45) is 0 Å². The second-order valence-corrected chi connectivity index (χ2v) is 4.64. The van der Waals surface area contributed by atoms with Gasteiger partial charge in [-0.05, 0) is 23.6 Å². The van der Waals surface area contributed by atoms with E-state index in [4.69, 9.17) is 14.9 Å². The standard InChI is InChI=1S/C14H21NO4/c1-10(2)11-3-5-13(6-4-11)19-9-14(18)15-12(7-16)8-17/h3-6,10,12,16-17H,7-9H2,1-2H3,(H,15,18). The summed E-state index contributed by atoms with van der Waals surface area (Å²) in [5.41, 5.74) is 1.21. The summed E-state index contributed by atoms with van der Waals surface area (Å²) in [7, 11) is 0. The lowest BCUT2D eigenvalue weighted by Crippen LogP contribution is -2.42. The van der Waals surface area contributed by atoms with Gasteiger partial charge in [-0.15, -0.1) is 0 Å². The molecule has 1 rings (SSSR count). The van der Waals surface area contributed by atoms with Crippen LogP contribution in [0, 0.1) is 0 Å². The first kappa shape index (κ1) is 15.5. The van der Waals surface area contributed by atoms with Gasteiger partial charge in [-0.2, -0.15) is 0 Å². The molecule has 0 heterocycles. The highest BCUT2D eigenvalue weighted by Gasteiger charge is 2.10. The van der Waals surface area contributed by atoms with Crippen molar-refractivity contribution >= 4 is 5.91 Å². The van der Waals surface area contributed by atoms with Crippen molar-refractivity contribution in [3.63, 3.8) is 0 Å². The second kappa shape index (κ2) is 7.76. The first-order valence-corrected chi connectivity index (χ1v) is 6.30. The highest BCUT2D eigenvalue weighted by atomic mass is 16.5. The summed E-state index contributed by atoms with van der Waals surface area (Å²) >= 11 is 0. The van der Waals surface area contributed by atoms with Crippen LogP contribution in [0.5, 0.6) is 5.75 Å². The highest BCUT2D eigenvalue weighted by molar-refractivity contribution is 5.77. The Kier molecular flexibility index (Phi) is 6.32. The number of hydrogen-bond donors (Lipinski definition) is 3. The minimum Gasteiger partial charge on any atom is -0.484 e. The maximum absolute atomic E-state index is 11.5. The molecule has 0 aliphatic heterocycles. The van der Waals surface area contributed by atoms with E-state index in [0.717, 1.165) is 0 Å². The molecule has 0 aromatic heterocycles. The van der Waals surface area contributed by atoms with Crippen LogP contribution in [-0.2, 0) is 4.79 Å². The van der Waals surface area contributed by atoms with Gasteiger partial charge in [0.15, 0.2) is 6.61 Å². The van der Waals surface area contributed by atoms with E-state index >= 15 is 0 Å². The number of carbonyl (C=O) groups excluding carboxylic acids is 1. The van der Waals surface area contributed by atoms with Crippen molar-refractivity contribution in [3.8, 4) is 5.75 Å². The Morgan fingerprint density at radius 3 is 2.26 bits per heavy atom. The number of aliphatic hydroxyl groups excluding tert-OH is 2. The van der Waals surface area contributed by atoms with Crippen molar-refractivity contribution < 1.29 is 19.7 Å². The third-order valence-electron chi connectivity index (χ3n) is 2.72. The van der Waals surface area contributed by atoms with Crippen molar-refractivity contribution in [2.45, 2.75) is 25.8 Å². The molecule has 0 aliphatic carbocycles. The van der Waals surface area contributed by atoms with E-state index in [1.54, 1.807) is 0 Å². The van der Waals surface area contributed by atoms with Crippen LogP contribution < -0.4 is 10.1 Å². The first-order valence-electron chi connectivity index (χ1n) is 6.30. The lowest BCUT2D eigenvalue weighted by molar-refractivity contribution is -0.124. The average Bonchev–Trinajstić information content (AvgIpc) is 2.43. The molecule has 0 aliphatic rings. The van der Waals surface area contributed by atoms with E-state index in [-0.39, 0.29) is 25.7 Å². The van der Waals surface area contributed by atoms with Gasteiger partial charge in [0.05, 0.1) is 19.3 Å². The Morgan fingerprint density at radius 1 is 1.21 bits per heavy atom. The monoisotopic (exact) mass is 267 g/mol. The molecule has 0 radical (unpaired) electrons. The van der Waals surface area contributed by atoms with Gasteiger partial charge in [-0.25, -0.2) is 0 Å². The second-order valence-electron chi connectivity index (χ2n) is 4.64. The van der Waals surface area contributed by atoms with Gasteiger partial charge in [-0.3, -0.25) is 4.79 Å². The summed E-state index contributed by atoms with van der Waals surface area (Å²) in [6, 6.07) is 6.92. The number of nitrogens with one attached hydrogen (secondary N) is 1. The summed E-state index contributed by atoms with van der Waals surface area (Å²) < 4.78 is 5.32. The van der Waals surface area contributed by atoms with Gasteiger partial charge >= 0.3 is 0 Å². The fraction of sp³-hybridized carbons (Fsp3) is 0.500. The number of ether oxygens (including phenoxy) is 1. The van der Waals surface area contributed by atoms with Crippen molar-refractivity contribution in [1.82, 2.24) is 5.32 Å². The molecule has 5 heteroatoms. The Labute approximate surface area is 113 Å². The molecule has 1 aromatic rings. The predicted molar refractivity (Wildman–Crippen MR) is 72.1 cm³/mol. The summed E-state index contributed by atoms with van der Waals surface area (Å²) in [5, 5.41) is 20.1. The molecule has 106 valence electrons. The Morgan fingerprint density at radius 2 is 1.79 bits per heavy atom. The lowest BCUT2D eigenvalue weighted by Gasteiger charge is -2.14. The van der Waals surface area contributed by atoms with Gasteiger partial charge < -0.3 is 20.3 Å². The number of hydrogen-bond acceptors (Lipinski definition) is 4. The predicted octanol–water partition coefficient (Wildman–Crippen LogP) is 0.658. The molecule has 3 N–H and O–H groups in total. The van der Waals surface area contributed by atoms with E-state index < -0.39 is 6.04 Å². The van der Waals surface area contributed by atoms with E-state index in [2.05, 4.69) is 19.2 Å². The molecule has 0 fully saturated rings. The Hall–Kier alpha value is -1.59. The number of carbonyl (C=O) groups is 1. The molecule has 0 saturated carbocycles. The van der Waals surface area contributed by atoms with Crippen LogP contribution in [0.2, 0.25) is 0 Å². The van der Waals surface area contributed by atoms with Gasteiger partial charge in [0.2, 0.25) is 0 Å². The molecule has 5 nitrogen and oxygen atoms in total. The molecule has 1 amide bonds. The zero-order valence-corrected chi connectivity index (χ0v) is 11.3. The minimum absolute atomic E-state index is 0.141. The van der Waals surface area contributed by atoms with Crippen molar-refractivity contribution in [3.05, 3.63) is 29.8 Å². The fourth-order valence-electron chi connectivity index (χ4n) is 1.52. The maximum atomic E-state index is 11.5. The van der Waals surface area contributed by atoms with Crippen LogP contribution in [0.3, 0.4) is 0 Å². The lowest BCUT2D eigenvalue weighted by atomic mass is 10.0. The van der Waals surface area contributed by atoms with E-state index in [0.29, 0.717) is 11.7 Å². The van der Waals surface area contributed by atoms with Crippen molar-refractivity contribution in [2.75, 3.05) is 19.8 Å². The summed E-state index contributed by atoms with van der Waals surface area (Å²) in [6.45, 7) is 3.47. The van der Waals surface area contributed by atoms with Crippen LogP contribution in [0.25, 0.3) is 0 Å². The molecule has 19 heavy (non-hydrogen) atoms. The molecular weight excluding hydrogens is 246 g/mol. The number of benzene rings is 1. The van der Waals surface area contributed by atoms with Crippen LogP contribution in [0.4, 0.5) is 0 Å². The largest absolute Gasteiger partial charge is 0.484 e. The topological polar surface area (TPSA) is 78.8 Å². The van der Waals surface area contributed by atoms with Crippen LogP contribution in [0.15, 0.2) is 24.3 Å². The third kappa shape index (κ3) is 5.28. The van der Waals surface area contributed by atoms with Crippen LogP contribution in [-0.4, -0.2) is 42.0 Å². The minimum atomic E-state index is -0.639. The molecule has 0 bridgehead atoms. The van der Waals surface area contributed by atoms with E-state index in [1.807, 2.05) is 24.3 Å². The highest BCUT2D eigenvalue weighted by Crippen LogP contribution is 2.18. The van der Waals surface area contributed by atoms with Crippen LogP contribution >= 0.6 is 0 Å². The molecular formula is C14H21NO4. The fourth-order valence-corrected chi connectivity index (χ4v) is 1.52. The number of aliphatic hydroxyl groups is 2. The maximum Gasteiger partial charge on any atom is 0.258 e. The van der Waals surface area contributed by atoms with E-state index in [9.17, 15) is 4.79 Å². The SMILES string of the molecule is CC(C)c1ccc(OCC(=O)NC(CO)CO)cc1. The normalized spacial score (nSPS) is 10.8. The third-order valence-corrected chi connectivity index (χ3v) is 2.72. The van der Waals surface area contributed by atoms with Gasteiger partial charge in [0.25, 0.3) is 5.91 Å². The smallest absolute Gasteiger partial charge is 0.258 e. The molecule has 0 atom stereocenters. The summed E-state index contributed by atoms with van der Waals surface area (Å²) in [5.74, 6) is 0.692. The number of rotatable bonds is 7. The van der Waals surface area contributed by atoms with Gasteiger partial charge in [0, 0.05) is 0 Å². The number of amides is 1. The summed E-state index contributed by atoms with van der Waals surface area (Å²) in [4.78, 5) is 11.5. The molecule has 0 unspecified atom stereocenters. The molecule has 0 spiro atoms. The molecule has 0 saturated heterocycles. The zero-order chi connectivity index (χ0) is 14.3. The molecule has 1 aromatic carbocycles.